The molecule has 0 saturated carbocycles. The Kier molecular flexibility index (Phi) is 11.3. The van der Waals surface area contributed by atoms with Crippen LogP contribution in [0.5, 0.6) is 0 Å². The van der Waals surface area contributed by atoms with E-state index in [9.17, 15) is 9.18 Å². The lowest BCUT2D eigenvalue weighted by Gasteiger charge is -2.36. The number of nitrogens with one attached hydrogen (secondary N) is 2. The third kappa shape index (κ3) is 7.65. The van der Waals surface area contributed by atoms with Gasteiger partial charge >= 0.3 is 6.09 Å². The van der Waals surface area contributed by atoms with E-state index >= 15 is 0 Å². The Balaban J connectivity index is 0.00000363. The molecular weight excluding hydrogens is 526 g/mol. The lowest BCUT2D eigenvalue weighted by Crippen LogP contribution is -2.50. The van der Waals surface area contributed by atoms with Crippen LogP contribution >= 0.6 is 24.0 Å². The van der Waals surface area contributed by atoms with Crippen molar-refractivity contribution in [3.05, 3.63) is 30.1 Å². The number of likely N-dealkylation sites (tertiary alicyclic amines) is 1. The van der Waals surface area contributed by atoms with E-state index in [1.54, 1.807) is 18.0 Å². The lowest BCUT2D eigenvalue weighted by molar-refractivity contribution is 0.111. The third-order valence-corrected chi connectivity index (χ3v) is 6.00. The van der Waals surface area contributed by atoms with E-state index in [-0.39, 0.29) is 35.9 Å². The molecule has 2 aliphatic rings. The summed E-state index contributed by atoms with van der Waals surface area (Å²) in [6.07, 6.45) is 2.52. The number of nitrogens with zero attached hydrogens (tertiary/aromatic N) is 4. The standard InChI is InChI=1S/C22H35FN6O2.HI/c1-24-21(26-18-8-12-29(13-9-18)22(30)31-2)25-10-5-11-27-14-16-28(17-15-27)20-7-4-3-6-19(20)23;/h3-4,6-7,18H,5,8-17H2,1-2H3,(H2,24,25,26);1H. The minimum absolute atomic E-state index is 0. The van der Waals surface area contributed by atoms with Crippen molar-refractivity contribution in [3.8, 4) is 0 Å². The van der Waals surface area contributed by atoms with Crippen LogP contribution in [-0.2, 0) is 4.74 Å². The molecule has 8 nitrogen and oxygen atoms in total. The fourth-order valence-corrected chi connectivity index (χ4v) is 4.15. The van der Waals surface area contributed by atoms with Crippen LogP contribution in [0.25, 0.3) is 0 Å². The number of methoxy groups -OCH3 is 1. The molecular formula is C22H36FIN6O2. The zero-order valence-electron chi connectivity index (χ0n) is 19.1. The molecule has 32 heavy (non-hydrogen) atoms. The molecule has 0 atom stereocenters. The quantitative estimate of drug-likeness (QED) is 0.240. The summed E-state index contributed by atoms with van der Waals surface area (Å²) in [5.74, 6) is 0.663. The highest BCUT2D eigenvalue weighted by Gasteiger charge is 2.23. The number of ether oxygens (including phenoxy) is 1. The normalized spacial score (nSPS) is 18.2. The monoisotopic (exact) mass is 562 g/mol. The summed E-state index contributed by atoms with van der Waals surface area (Å²) in [6.45, 7) is 6.82. The average molecular weight is 562 g/mol. The summed E-state index contributed by atoms with van der Waals surface area (Å²) in [6, 6.07) is 7.30. The Morgan fingerprint density at radius 2 is 1.84 bits per heavy atom. The fraction of sp³-hybridized carbons (Fsp3) is 0.636. The SMILES string of the molecule is CN=C(NCCCN1CCN(c2ccccc2F)CC1)NC1CCN(C(=O)OC)CC1.I. The van der Waals surface area contributed by atoms with Gasteiger partial charge in [-0.25, -0.2) is 9.18 Å². The minimum atomic E-state index is -0.254. The molecule has 2 aliphatic heterocycles. The van der Waals surface area contributed by atoms with E-state index in [4.69, 9.17) is 4.74 Å². The van der Waals surface area contributed by atoms with E-state index in [2.05, 4.69) is 25.4 Å². The zero-order chi connectivity index (χ0) is 22.1. The van der Waals surface area contributed by atoms with Crippen LogP contribution in [0.2, 0.25) is 0 Å². The van der Waals surface area contributed by atoms with Gasteiger partial charge in [0.1, 0.15) is 5.82 Å². The van der Waals surface area contributed by atoms with Crippen molar-refractivity contribution < 1.29 is 13.9 Å². The predicted molar refractivity (Wildman–Crippen MR) is 137 cm³/mol. The van der Waals surface area contributed by atoms with Gasteiger partial charge in [-0.3, -0.25) is 9.89 Å². The molecule has 2 saturated heterocycles. The first kappa shape index (κ1) is 26.4. The number of rotatable bonds is 6. The van der Waals surface area contributed by atoms with Crippen LogP contribution in [0, 0.1) is 5.82 Å². The first-order chi connectivity index (χ1) is 15.1. The van der Waals surface area contributed by atoms with Gasteiger partial charge in [0, 0.05) is 58.9 Å². The number of aliphatic imine (C=N–C) groups is 1. The topological polar surface area (TPSA) is 72.4 Å². The molecule has 0 aromatic heterocycles. The van der Waals surface area contributed by atoms with Crippen LogP contribution in [0.3, 0.4) is 0 Å². The van der Waals surface area contributed by atoms with Crippen molar-refractivity contribution in [1.29, 1.82) is 0 Å². The van der Waals surface area contributed by atoms with Gasteiger partial charge in [-0.2, -0.15) is 0 Å². The van der Waals surface area contributed by atoms with E-state index in [0.717, 1.165) is 64.5 Å². The number of para-hydroxylation sites is 1. The maximum Gasteiger partial charge on any atom is 0.409 e. The number of guanidine groups is 1. The molecule has 2 heterocycles. The van der Waals surface area contributed by atoms with Gasteiger partial charge in [0.05, 0.1) is 12.8 Å². The number of carbonyl (C=O) groups is 1. The summed E-state index contributed by atoms with van der Waals surface area (Å²) in [5, 5.41) is 6.85. The van der Waals surface area contributed by atoms with Crippen molar-refractivity contribution in [2.75, 3.05) is 71.4 Å². The van der Waals surface area contributed by atoms with Crippen molar-refractivity contribution in [2.24, 2.45) is 4.99 Å². The number of hydrogen-bond donors (Lipinski definition) is 2. The van der Waals surface area contributed by atoms with Crippen molar-refractivity contribution in [1.82, 2.24) is 20.4 Å². The second-order valence-electron chi connectivity index (χ2n) is 8.01. The molecule has 1 aromatic carbocycles. The van der Waals surface area contributed by atoms with Crippen LogP contribution in [0.1, 0.15) is 19.3 Å². The number of hydrogen-bond acceptors (Lipinski definition) is 5. The number of carbonyl (C=O) groups excluding carboxylic acids is 1. The molecule has 2 N–H and O–H groups in total. The highest BCUT2D eigenvalue weighted by molar-refractivity contribution is 14.0. The van der Waals surface area contributed by atoms with Crippen molar-refractivity contribution >= 4 is 41.7 Å². The second kappa shape index (κ2) is 13.7. The molecule has 0 spiro atoms. The van der Waals surface area contributed by atoms with Gasteiger partial charge in [-0.15, -0.1) is 24.0 Å². The van der Waals surface area contributed by atoms with Crippen molar-refractivity contribution in [3.63, 3.8) is 0 Å². The van der Waals surface area contributed by atoms with Gasteiger partial charge in [0.25, 0.3) is 0 Å². The Bertz CT molecular complexity index is 737. The lowest BCUT2D eigenvalue weighted by atomic mass is 10.1. The number of benzene rings is 1. The molecule has 180 valence electrons. The summed E-state index contributed by atoms with van der Waals surface area (Å²) < 4.78 is 18.7. The third-order valence-electron chi connectivity index (χ3n) is 6.00. The fourth-order valence-electron chi connectivity index (χ4n) is 4.15. The molecule has 3 rings (SSSR count). The summed E-state index contributed by atoms with van der Waals surface area (Å²) in [5.41, 5.74) is 0.705. The molecule has 1 aromatic rings. The van der Waals surface area contributed by atoms with E-state index in [1.165, 1.54) is 13.2 Å². The molecule has 2 fully saturated rings. The summed E-state index contributed by atoms with van der Waals surface area (Å²) in [7, 11) is 3.20. The van der Waals surface area contributed by atoms with E-state index < -0.39 is 0 Å². The van der Waals surface area contributed by atoms with Crippen molar-refractivity contribution in [2.45, 2.75) is 25.3 Å². The van der Waals surface area contributed by atoms with Gasteiger partial charge in [-0.1, -0.05) is 12.1 Å². The maximum absolute atomic E-state index is 14.0. The molecule has 0 radical (unpaired) electrons. The predicted octanol–water partition coefficient (Wildman–Crippen LogP) is 2.35. The number of piperazine rings is 1. The first-order valence-corrected chi connectivity index (χ1v) is 11.1. The smallest absolute Gasteiger partial charge is 0.409 e. The highest BCUT2D eigenvalue weighted by atomic mass is 127. The largest absolute Gasteiger partial charge is 0.453 e. The number of piperidine rings is 1. The van der Waals surface area contributed by atoms with Gasteiger partial charge in [0.2, 0.25) is 0 Å². The Hall–Kier alpha value is -1.82. The maximum atomic E-state index is 14.0. The molecule has 0 aliphatic carbocycles. The Morgan fingerprint density at radius 3 is 2.47 bits per heavy atom. The van der Waals surface area contributed by atoms with E-state index in [0.29, 0.717) is 24.8 Å². The van der Waals surface area contributed by atoms with Crippen LogP contribution in [-0.4, -0.2) is 94.4 Å². The number of anilines is 1. The first-order valence-electron chi connectivity index (χ1n) is 11.1. The number of amides is 1. The second-order valence-corrected chi connectivity index (χ2v) is 8.01. The molecule has 0 unspecified atom stereocenters. The Labute approximate surface area is 207 Å². The molecule has 0 bridgehead atoms. The van der Waals surface area contributed by atoms with E-state index in [1.807, 2.05) is 12.1 Å². The van der Waals surface area contributed by atoms with Gasteiger partial charge in [0.15, 0.2) is 5.96 Å². The van der Waals surface area contributed by atoms with Gasteiger partial charge in [-0.05, 0) is 37.9 Å². The zero-order valence-corrected chi connectivity index (χ0v) is 21.4. The average Bonchev–Trinajstić information content (AvgIpc) is 2.81. The van der Waals surface area contributed by atoms with Gasteiger partial charge < -0.3 is 25.2 Å². The molecule has 10 heteroatoms. The highest BCUT2D eigenvalue weighted by Crippen LogP contribution is 2.20. The summed E-state index contributed by atoms with van der Waals surface area (Å²) >= 11 is 0. The number of halogens is 2. The minimum Gasteiger partial charge on any atom is -0.453 e. The van der Waals surface area contributed by atoms with Crippen LogP contribution < -0.4 is 15.5 Å². The Morgan fingerprint density at radius 1 is 1.16 bits per heavy atom. The summed E-state index contributed by atoms with van der Waals surface area (Å²) in [4.78, 5) is 22.2. The molecule has 1 amide bonds. The van der Waals surface area contributed by atoms with Crippen LogP contribution in [0.15, 0.2) is 29.3 Å². The van der Waals surface area contributed by atoms with Crippen LogP contribution in [0.4, 0.5) is 14.9 Å².